The highest BCUT2D eigenvalue weighted by Crippen LogP contribution is 2.30. The van der Waals surface area contributed by atoms with E-state index in [1.54, 1.807) is 11.3 Å². The fourth-order valence-electron chi connectivity index (χ4n) is 2.55. The van der Waals surface area contributed by atoms with E-state index < -0.39 is 0 Å². The summed E-state index contributed by atoms with van der Waals surface area (Å²) in [4.78, 5) is 1.29. The lowest BCUT2D eigenvalue weighted by Crippen LogP contribution is -2.29. The molecule has 1 fully saturated rings. The SMILES string of the molecule is NCC1CCCCC1COCc1ccc(Br)s1. The van der Waals surface area contributed by atoms with Gasteiger partial charge in [-0.25, -0.2) is 0 Å². The first-order chi connectivity index (χ1) is 8.29. The van der Waals surface area contributed by atoms with E-state index in [1.807, 2.05) is 0 Å². The second-order valence-electron chi connectivity index (χ2n) is 4.76. The van der Waals surface area contributed by atoms with Crippen LogP contribution in [-0.2, 0) is 11.3 Å². The lowest BCUT2D eigenvalue weighted by Gasteiger charge is -2.30. The van der Waals surface area contributed by atoms with Gasteiger partial charge in [0.1, 0.15) is 0 Å². The van der Waals surface area contributed by atoms with Crippen molar-refractivity contribution in [2.75, 3.05) is 13.2 Å². The van der Waals surface area contributed by atoms with Crippen LogP contribution in [0, 0.1) is 11.8 Å². The molecular formula is C13H20BrNOS. The summed E-state index contributed by atoms with van der Waals surface area (Å²) >= 11 is 5.22. The molecule has 1 aromatic heterocycles. The van der Waals surface area contributed by atoms with Crippen molar-refractivity contribution in [1.29, 1.82) is 0 Å². The van der Waals surface area contributed by atoms with Crippen LogP contribution in [0.4, 0.5) is 0 Å². The number of ether oxygens (including phenoxy) is 1. The number of rotatable bonds is 5. The lowest BCUT2D eigenvalue weighted by atomic mass is 9.80. The number of hydrogen-bond donors (Lipinski definition) is 1. The largest absolute Gasteiger partial charge is 0.376 e. The minimum Gasteiger partial charge on any atom is -0.376 e. The van der Waals surface area contributed by atoms with E-state index in [2.05, 4.69) is 28.1 Å². The van der Waals surface area contributed by atoms with Crippen molar-refractivity contribution in [2.24, 2.45) is 17.6 Å². The molecule has 1 heterocycles. The highest BCUT2D eigenvalue weighted by atomic mass is 79.9. The molecule has 0 saturated heterocycles. The molecular weight excluding hydrogens is 298 g/mol. The minimum atomic E-state index is 0.678. The topological polar surface area (TPSA) is 35.2 Å². The molecule has 2 unspecified atom stereocenters. The van der Waals surface area contributed by atoms with Crippen LogP contribution in [0.1, 0.15) is 30.6 Å². The molecule has 96 valence electrons. The number of thiophene rings is 1. The molecule has 1 aliphatic carbocycles. The van der Waals surface area contributed by atoms with Crippen molar-refractivity contribution in [1.82, 2.24) is 0 Å². The maximum Gasteiger partial charge on any atom is 0.0809 e. The van der Waals surface area contributed by atoms with Gasteiger partial charge in [-0.15, -0.1) is 11.3 Å². The molecule has 0 amide bonds. The molecule has 1 aliphatic rings. The van der Waals surface area contributed by atoms with Crippen LogP contribution in [0.3, 0.4) is 0 Å². The average Bonchev–Trinajstić information content (AvgIpc) is 2.76. The zero-order chi connectivity index (χ0) is 12.1. The lowest BCUT2D eigenvalue weighted by molar-refractivity contribution is 0.0525. The van der Waals surface area contributed by atoms with E-state index >= 15 is 0 Å². The summed E-state index contributed by atoms with van der Waals surface area (Å²) in [6.07, 6.45) is 5.26. The molecule has 0 bridgehead atoms. The number of hydrogen-bond acceptors (Lipinski definition) is 3. The Kier molecular flexibility index (Phi) is 5.48. The Morgan fingerprint density at radius 2 is 2.06 bits per heavy atom. The third-order valence-corrected chi connectivity index (χ3v) is 5.17. The first-order valence-electron chi connectivity index (χ1n) is 6.31. The fourth-order valence-corrected chi connectivity index (χ4v) is 3.98. The Hall–Kier alpha value is 0.1000. The second kappa shape index (κ2) is 6.88. The predicted octanol–water partition coefficient (Wildman–Crippen LogP) is 3.79. The van der Waals surface area contributed by atoms with Crippen molar-refractivity contribution >= 4 is 27.3 Å². The maximum atomic E-state index is 5.84. The van der Waals surface area contributed by atoms with Gasteiger partial charge in [0.05, 0.1) is 17.0 Å². The van der Waals surface area contributed by atoms with Gasteiger partial charge in [-0.3, -0.25) is 0 Å². The molecule has 17 heavy (non-hydrogen) atoms. The van der Waals surface area contributed by atoms with Crippen molar-refractivity contribution in [3.8, 4) is 0 Å². The first-order valence-corrected chi connectivity index (χ1v) is 7.92. The van der Waals surface area contributed by atoms with Crippen molar-refractivity contribution in [3.05, 3.63) is 20.8 Å². The van der Waals surface area contributed by atoms with Crippen molar-refractivity contribution in [3.63, 3.8) is 0 Å². The molecule has 1 saturated carbocycles. The summed E-state index contributed by atoms with van der Waals surface area (Å²) in [5, 5.41) is 0. The molecule has 4 heteroatoms. The summed E-state index contributed by atoms with van der Waals surface area (Å²) < 4.78 is 7.01. The summed E-state index contributed by atoms with van der Waals surface area (Å²) in [6, 6.07) is 4.20. The Balaban J connectivity index is 1.73. The van der Waals surface area contributed by atoms with Gasteiger partial charge in [0, 0.05) is 4.88 Å². The van der Waals surface area contributed by atoms with Crippen molar-refractivity contribution < 1.29 is 4.74 Å². The molecule has 0 aromatic carbocycles. The Bertz CT molecular complexity index is 342. The van der Waals surface area contributed by atoms with E-state index in [9.17, 15) is 0 Å². The first kappa shape index (κ1) is 13.5. The zero-order valence-corrected chi connectivity index (χ0v) is 12.4. The third-order valence-electron chi connectivity index (χ3n) is 3.57. The predicted molar refractivity (Wildman–Crippen MR) is 76.2 cm³/mol. The van der Waals surface area contributed by atoms with Crippen LogP contribution in [0.25, 0.3) is 0 Å². The van der Waals surface area contributed by atoms with Gasteiger partial charge in [-0.1, -0.05) is 12.8 Å². The summed E-state index contributed by atoms with van der Waals surface area (Å²) in [5.41, 5.74) is 5.82. The van der Waals surface area contributed by atoms with Crippen molar-refractivity contribution in [2.45, 2.75) is 32.3 Å². The maximum absolute atomic E-state index is 5.84. The molecule has 0 spiro atoms. The zero-order valence-electron chi connectivity index (χ0n) is 10.0. The molecule has 2 atom stereocenters. The molecule has 2 nitrogen and oxygen atoms in total. The van der Waals surface area contributed by atoms with E-state index in [0.29, 0.717) is 11.8 Å². The van der Waals surface area contributed by atoms with Gasteiger partial charge in [-0.05, 0) is 59.3 Å². The Morgan fingerprint density at radius 3 is 2.71 bits per heavy atom. The normalized spacial score (nSPS) is 25.1. The summed E-state index contributed by atoms with van der Waals surface area (Å²) in [6.45, 7) is 2.43. The summed E-state index contributed by atoms with van der Waals surface area (Å²) in [5.74, 6) is 1.36. The highest BCUT2D eigenvalue weighted by Gasteiger charge is 2.23. The van der Waals surface area contributed by atoms with E-state index in [4.69, 9.17) is 10.5 Å². The van der Waals surface area contributed by atoms with Crippen LogP contribution in [0.15, 0.2) is 15.9 Å². The second-order valence-corrected chi connectivity index (χ2v) is 7.31. The van der Waals surface area contributed by atoms with Gasteiger partial charge < -0.3 is 10.5 Å². The quantitative estimate of drug-likeness (QED) is 0.896. The fraction of sp³-hybridized carbons (Fsp3) is 0.692. The molecule has 2 rings (SSSR count). The van der Waals surface area contributed by atoms with Crippen LogP contribution in [-0.4, -0.2) is 13.2 Å². The molecule has 0 aliphatic heterocycles. The number of nitrogens with two attached hydrogens (primary N) is 1. The van der Waals surface area contributed by atoms with E-state index in [-0.39, 0.29) is 0 Å². The molecule has 1 aromatic rings. The van der Waals surface area contributed by atoms with Gasteiger partial charge in [0.25, 0.3) is 0 Å². The minimum absolute atomic E-state index is 0.678. The molecule has 0 radical (unpaired) electrons. The Labute approximate surface area is 116 Å². The monoisotopic (exact) mass is 317 g/mol. The van der Waals surface area contributed by atoms with E-state index in [1.165, 1.54) is 34.3 Å². The highest BCUT2D eigenvalue weighted by molar-refractivity contribution is 9.11. The van der Waals surface area contributed by atoms with Gasteiger partial charge in [0.2, 0.25) is 0 Å². The van der Waals surface area contributed by atoms with Gasteiger partial charge >= 0.3 is 0 Å². The van der Waals surface area contributed by atoms with Crippen LogP contribution in [0.2, 0.25) is 0 Å². The summed E-state index contributed by atoms with van der Waals surface area (Å²) in [7, 11) is 0. The average molecular weight is 318 g/mol. The Morgan fingerprint density at radius 1 is 1.29 bits per heavy atom. The van der Waals surface area contributed by atoms with Gasteiger partial charge in [-0.2, -0.15) is 0 Å². The van der Waals surface area contributed by atoms with Crippen LogP contribution >= 0.6 is 27.3 Å². The number of halogens is 1. The molecule has 2 N–H and O–H groups in total. The van der Waals surface area contributed by atoms with Gasteiger partial charge in [0.15, 0.2) is 0 Å². The van der Waals surface area contributed by atoms with E-state index in [0.717, 1.165) is 19.8 Å². The van der Waals surface area contributed by atoms with Crippen LogP contribution < -0.4 is 5.73 Å². The third kappa shape index (κ3) is 4.05. The standard InChI is InChI=1S/C13H20BrNOS/c14-13-6-5-12(17-13)9-16-8-11-4-2-1-3-10(11)7-15/h5-6,10-11H,1-4,7-9,15H2. The van der Waals surface area contributed by atoms with Crippen LogP contribution in [0.5, 0.6) is 0 Å². The smallest absolute Gasteiger partial charge is 0.0809 e.